The quantitative estimate of drug-likeness (QED) is 0.886. The number of nitrogens with two attached hydrogens (primary N) is 1. The largest absolute Gasteiger partial charge is 0.368 e. The molecule has 1 amide bonds. The lowest BCUT2D eigenvalue weighted by Gasteiger charge is -2.24. The Morgan fingerprint density at radius 1 is 1.09 bits per heavy atom. The maximum Gasteiger partial charge on any atom is 0.238 e. The van der Waals surface area contributed by atoms with Crippen LogP contribution >= 0.6 is 0 Å². The van der Waals surface area contributed by atoms with Gasteiger partial charge in [-0.05, 0) is 16.7 Å². The highest BCUT2D eigenvalue weighted by Gasteiger charge is 2.37. The van der Waals surface area contributed by atoms with E-state index in [1.807, 2.05) is 60.7 Å². The molecule has 1 atom stereocenters. The fourth-order valence-electron chi connectivity index (χ4n) is 2.46. The van der Waals surface area contributed by atoms with Crippen LogP contribution in [0.4, 0.5) is 0 Å². The molecule has 1 unspecified atom stereocenters. The number of amides is 1. The summed E-state index contributed by atoms with van der Waals surface area (Å²) in [6.07, 6.45) is 0.503. The van der Waals surface area contributed by atoms with Gasteiger partial charge < -0.3 is 5.73 Å². The van der Waals surface area contributed by atoms with Crippen LogP contribution in [0.1, 0.15) is 17.5 Å². The minimum atomic E-state index is -1.28. The first kappa shape index (κ1) is 15.5. The van der Waals surface area contributed by atoms with Crippen LogP contribution in [0.5, 0.6) is 0 Å². The van der Waals surface area contributed by atoms with E-state index in [2.05, 4.69) is 12.6 Å². The highest BCUT2D eigenvalue weighted by atomic mass is 16.1. The molecule has 0 aliphatic carbocycles. The topological polar surface area (TPSA) is 66.9 Å². The molecule has 0 saturated heterocycles. The number of primary amides is 1. The zero-order chi connectivity index (χ0) is 16.0. The zero-order valence-corrected chi connectivity index (χ0v) is 12.3. The van der Waals surface area contributed by atoms with E-state index in [4.69, 9.17) is 5.73 Å². The van der Waals surface area contributed by atoms with Gasteiger partial charge in [0.1, 0.15) is 5.41 Å². The van der Waals surface area contributed by atoms with Gasteiger partial charge in [-0.1, -0.05) is 67.2 Å². The van der Waals surface area contributed by atoms with E-state index < -0.39 is 11.3 Å². The van der Waals surface area contributed by atoms with Gasteiger partial charge in [0.2, 0.25) is 5.91 Å². The van der Waals surface area contributed by atoms with Gasteiger partial charge in [-0.15, -0.1) is 0 Å². The fourth-order valence-corrected chi connectivity index (χ4v) is 2.46. The number of hydrogen-bond acceptors (Lipinski definition) is 2. The summed E-state index contributed by atoms with van der Waals surface area (Å²) < 4.78 is 0. The first-order valence-corrected chi connectivity index (χ1v) is 7.06. The van der Waals surface area contributed by atoms with Gasteiger partial charge in [0.05, 0.1) is 6.07 Å². The molecule has 2 rings (SSSR count). The summed E-state index contributed by atoms with van der Waals surface area (Å²) in [5, 5.41) is 9.61. The Balaban J connectivity index is 2.29. The van der Waals surface area contributed by atoms with E-state index in [-0.39, 0.29) is 12.8 Å². The third-order valence-electron chi connectivity index (χ3n) is 3.73. The first-order chi connectivity index (χ1) is 10.6. The van der Waals surface area contributed by atoms with Crippen molar-refractivity contribution in [2.45, 2.75) is 12.8 Å². The van der Waals surface area contributed by atoms with Crippen molar-refractivity contribution in [3.05, 3.63) is 78.4 Å². The highest BCUT2D eigenvalue weighted by molar-refractivity contribution is 5.86. The number of carbonyl (C=O) groups is 1. The molecule has 0 radical (unpaired) electrons. The SMILES string of the molecule is C=C(CC(C#N)(Cc1ccccc1)C(N)=O)c1ccccc1. The van der Waals surface area contributed by atoms with Crippen LogP contribution in [0.15, 0.2) is 67.2 Å². The van der Waals surface area contributed by atoms with Crippen molar-refractivity contribution in [1.82, 2.24) is 0 Å². The molecule has 0 aromatic heterocycles. The second-order valence-electron chi connectivity index (χ2n) is 5.37. The maximum atomic E-state index is 12.0. The molecule has 0 spiro atoms. The molecular weight excluding hydrogens is 272 g/mol. The number of nitriles is 1. The van der Waals surface area contributed by atoms with Crippen molar-refractivity contribution in [1.29, 1.82) is 5.26 Å². The number of hydrogen-bond donors (Lipinski definition) is 1. The Hall–Kier alpha value is -2.86. The van der Waals surface area contributed by atoms with Gasteiger partial charge >= 0.3 is 0 Å². The van der Waals surface area contributed by atoms with E-state index >= 15 is 0 Å². The highest BCUT2D eigenvalue weighted by Crippen LogP contribution is 2.33. The number of rotatable bonds is 6. The Morgan fingerprint density at radius 2 is 1.64 bits per heavy atom. The van der Waals surface area contributed by atoms with E-state index in [0.29, 0.717) is 0 Å². The van der Waals surface area contributed by atoms with Crippen molar-refractivity contribution in [3.8, 4) is 6.07 Å². The summed E-state index contributed by atoms with van der Waals surface area (Å²) in [6, 6.07) is 21.1. The van der Waals surface area contributed by atoms with Crippen molar-refractivity contribution in [2.75, 3.05) is 0 Å². The molecule has 0 aliphatic rings. The second kappa shape index (κ2) is 6.73. The first-order valence-electron chi connectivity index (χ1n) is 7.06. The van der Waals surface area contributed by atoms with Crippen LogP contribution < -0.4 is 5.73 Å². The number of carbonyl (C=O) groups excluding carboxylic acids is 1. The van der Waals surface area contributed by atoms with Gasteiger partial charge in [0, 0.05) is 12.8 Å². The molecule has 0 fully saturated rings. The molecule has 2 aromatic rings. The van der Waals surface area contributed by atoms with Gasteiger partial charge in [0.25, 0.3) is 0 Å². The molecule has 3 nitrogen and oxygen atoms in total. The van der Waals surface area contributed by atoms with E-state index in [9.17, 15) is 10.1 Å². The monoisotopic (exact) mass is 290 g/mol. The minimum absolute atomic E-state index is 0.220. The molecule has 0 aliphatic heterocycles. The lowest BCUT2D eigenvalue weighted by molar-refractivity contribution is -0.124. The summed E-state index contributed by atoms with van der Waals surface area (Å²) in [7, 11) is 0. The van der Waals surface area contributed by atoms with Crippen molar-refractivity contribution < 1.29 is 4.79 Å². The van der Waals surface area contributed by atoms with E-state index in [1.165, 1.54) is 0 Å². The summed E-state index contributed by atoms with van der Waals surface area (Å²) in [5.41, 5.74) is 6.82. The summed E-state index contributed by atoms with van der Waals surface area (Å²) >= 11 is 0. The third-order valence-corrected chi connectivity index (χ3v) is 3.73. The van der Waals surface area contributed by atoms with Crippen LogP contribution in [-0.4, -0.2) is 5.91 Å². The third kappa shape index (κ3) is 3.42. The van der Waals surface area contributed by atoms with Crippen LogP contribution in [0.25, 0.3) is 5.57 Å². The predicted molar refractivity (Wildman–Crippen MR) is 87.5 cm³/mol. The Bertz CT molecular complexity index is 701. The molecule has 22 heavy (non-hydrogen) atoms. The van der Waals surface area contributed by atoms with Gasteiger partial charge in [-0.2, -0.15) is 5.26 Å². The van der Waals surface area contributed by atoms with E-state index in [0.717, 1.165) is 16.7 Å². The lowest BCUT2D eigenvalue weighted by Crippen LogP contribution is -2.38. The standard InChI is InChI=1S/C19H18N2O/c1-15(17-10-6-3-7-11-17)12-19(14-20,18(21)22)13-16-8-4-2-5-9-16/h2-11H,1,12-13H2,(H2,21,22). The van der Waals surface area contributed by atoms with Crippen LogP contribution in [0.2, 0.25) is 0 Å². The number of allylic oxidation sites excluding steroid dienone is 1. The molecule has 3 heteroatoms. The van der Waals surface area contributed by atoms with Crippen molar-refractivity contribution in [3.63, 3.8) is 0 Å². The average molecular weight is 290 g/mol. The molecule has 0 bridgehead atoms. The Labute approximate surface area is 130 Å². The normalized spacial score (nSPS) is 12.9. The maximum absolute atomic E-state index is 12.0. The summed E-state index contributed by atoms with van der Waals surface area (Å²) in [5.74, 6) is -0.615. The second-order valence-corrected chi connectivity index (χ2v) is 5.37. The van der Waals surface area contributed by atoms with Gasteiger partial charge in [-0.3, -0.25) is 4.79 Å². The number of benzene rings is 2. The molecule has 2 aromatic carbocycles. The van der Waals surface area contributed by atoms with Crippen molar-refractivity contribution in [2.24, 2.45) is 11.1 Å². The molecule has 0 heterocycles. The molecule has 110 valence electrons. The Morgan fingerprint density at radius 3 is 2.14 bits per heavy atom. The van der Waals surface area contributed by atoms with Crippen molar-refractivity contribution >= 4 is 11.5 Å². The summed E-state index contributed by atoms with van der Waals surface area (Å²) in [4.78, 5) is 12.0. The predicted octanol–water partition coefficient (Wildman–Crippen LogP) is 3.33. The lowest BCUT2D eigenvalue weighted by atomic mass is 9.76. The minimum Gasteiger partial charge on any atom is -0.368 e. The Kier molecular flexibility index (Phi) is 4.75. The summed E-state index contributed by atoms with van der Waals surface area (Å²) in [6.45, 7) is 4.02. The van der Waals surface area contributed by atoms with Gasteiger partial charge in [0.15, 0.2) is 0 Å². The average Bonchev–Trinajstić information content (AvgIpc) is 2.55. The molecular formula is C19H18N2O. The van der Waals surface area contributed by atoms with Crippen LogP contribution in [0, 0.1) is 16.7 Å². The molecule has 0 saturated carbocycles. The van der Waals surface area contributed by atoms with Crippen LogP contribution in [-0.2, 0) is 11.2 Å². The molecule has 2 N–H and O–H groups in total. The van der Waals surface area contributed by atoms with Gasteiger partial charge in [-0.25, -0.2) is 0 Å². The fraction of sp³-hybridized carbons (Fsp3) is 0.158. The zero-order valence-electron chi connectivity index (χ0n) is 12.3. The van der Waals surface area contributed by atoms with Crippen LogP contribution in [0.3, 0.4) is 0 Å². The smallest absolute Gasteiger partial charge is 0.238 e. The van der Waals surface area contributed by atoms with E-state index in [1.54, 1.807) is 0 Å². The number of nitrogens with zero attached hydrogens (tertiary/aromatic N) is 1.